The van der Waals surface area contributed by atoms with Crippen LogP contribution in [-0.4, -0.2) is 38.0 Å². The van der Waals surface area contributed by atoms with Crippen molar-refractivity contribution in [2.75, 3.05) is 13.1 Å². The highest BCUT2D eigenvalue weighted by Crippen LogP contribution is 2.40. The molecule has 1 saturated heterocycles. The van der Waals surface area contributed by atoms with E-state index in [2.05, 4.69) is 37.6 Å². The highest BCUT2D eigenvalue weighted by atomic mass is 35.5. The predicted octanol–water partition coefficient (Wildman–Crippen LogP) is 6.32. The number of halogens is 1. The smallest absolute Gasteiger partial charge is 0.200 e. The first-order chi connectivity index (χ1) is 13.7. The van der Waals surface area contributed by atoms with Crippen molar-refractivity contribution in [2.24, 2.45) is 0 Å². The molecule has 1 aromatic carbocycles. The van der Waals surface area contributed by atoms with E-state index in [0.717, 1.165) is 37.5 Å². The van der Waals surface area contributed by atoms with Crippen LogP contribution in [0.25, 0.3) is 11.1 Å². The summed E-state index contributed by atoms with van der Waals surface area (Å²) in [5, 5.41) is 0.514. The lowest BCUT2D eigenvalue weighted by molar-refractivity contribution is 0.0941. The molecular weight excluding hydrogens is 404 g/mol. The minimum Gasteiger partial charge on any atom is -0.439 e. The summed E-state index contributed by atoms with van der Waals surface area (Å²) in [7, 11) is -1.24. The number of likely N-dealkylation sites (tertiary alicyclic amines) is 1. The van der Waals surface area contributed by atoms with Crippen LogP contribution in [0, 0.1) is 0 Å². The Bertz CT molecular complexity index is 875. The third kappa shape index (κ3) is 4.42. The van der Waals surface area contributed by atoms with E-state index in [-0.39, 0.29) is 10.2 Å². The lowest BCUT2D eigenvalue weighted by Gasteiger charge is -2.45. The number of nitrogens with zero attached hydrogens (tertiary/aromatic N) is 2. The molecule has 4 nitrogen and oxygen atoms in total. The molecule has 1 aromatic heterocycles. The lowest BCUT2D eigenvalue weighted by atomic mass is 9.88. The van der Waals surface area contributed by atoms with Crippen LogP contribution in [0.3, 0.4) is 0 Å². The number of aromatic nitrogens is 1. The number of hydrogen-bond donors (Lipinski definition) is 0. The monoisotopic (exact) mass is 438 g/mol. The van der Waals surface area contributed by atoms with Gasteiger partial charge in [0.2, 0.25) is 5.89 Å². The maximum atomic E-state index is 13.7. The third-order valence-electron chi connectivity index (χ3n) is 6.19. The van der Waals surface area contributed by atoms with Crippen LogP contribution in [-0.2, 0) is 16.2 Å². The minimum absolute atomic E-state index is 0.206. The molecular formula is C23H35ClN2O2S. The molecule has 1 aliphatic carbocycles. The number of piperidine rings is 1. The highest BCUT2D eigenvalue weighted by Gasteiger charge is 2.41. The van der Waals surface area contributed by atoms with Crippen molar-refractivity contribution in [2.45, 2.75) is 94.7 Å². The van der Waals surface area contributed by atoms with Gasteiger partial charge in [-0.05, 0) is 57.8 Å². The SMILES string of the molecule is CC.CC(C)(C)c1nc2ccc(Cl)c(S(=O)C3(C)CCN(C4CCC4)CC3)c2o1. The Labute approximate surface area is 182 Å². The first kappa shape index (κ1) is 22.8. The molecule has 1 atom stereocenters. The molecule has 2 aliphatic rings. The standard InChI is InChI=1S/C21H29ClN2O2S.C2H6/c1-20(2,3)19-23-16-9-8-15(22)18(17(16)26-19)27(25)21(4)10-12-24(13-11-21)14-6-5-7-14;1-2/h8-9,14H,5-7,10-13H2,1-4H3;1-2H3. The van der Waals surface area contributed by atoms with E-state index in [4.69, 9.17) is 16.0 Å². The zero-order chi connectivity index (χ0) is 21.4. The summed E-state index contributed by atoms with van der Waals surface area (Å²) < 4.78 is 19.5. The summed E-state index contributed by atoms with van der Waals surface area (Å²) in [4.78, 5) is 7.82. The van der Waals surface area contributed by atoms with Gasteiger partial charge in [-0.15, -0.1) is 0 Å². The Morgan fingerprint density at radius 2 is 1.83 bits per heavy atom. The van der Waals surface area contributed by atoms with Crippen molar-refractivity contribution in [3.05, 3.63) is 23.0 Å². The fourth-order valence-electron chi connectivity index (χ4n) is 3.98. The van der Waals surface area contributed by atoms with Crippen LogP contribution >= 0.6 is 11.6 Å². The Balaban J connectivity index is 0.00000117. The number of hydrogen-bond acceptors (Lipinski definition) is 4. The molecule has 6 heteroatoms. The van der Waals surface area contributed by atoms with E-state index in [9.17, 15) is 4.21 Å². The maximum absolute atomic E-state index is 13.7. The third-order valence-corrected chi connectivity index (χ3v) is 8.69. The van der Waals surface area contributed by atoms with Gasteiger partial charge in [0, 0.05) is 11.5 Å². The van der Waals surface area contributed by atoms with Gasteiger partial charge in [-0.2, -0.15) is 0 Å². The van der Waals surface area contributed by atoms with Gasteiger partial charge < -0.3 is 9.32 Å². The van der Waals surface area contributed by atoms with Gasteiger partial charge in [0.05, 0.1) is 20.6 Å². The van der Waals surface area contributed by atoms with E-state index in [1.54, 1.807) is 6.07 Å². The molecule has 2 fully saturated rings. The molecule has 1 saturated carbocycles. The molecule has 162 valence electrons. The first-order valence-electron chi connectivity index (χ1n) is 10.9. The summed E-state index contributed by atoms with van der Waals surface area (Å²) >= 11 is 6.52. The molecule has 1 unspecified atom stereocenters. The van der Waals surface area contributed by atoms with Gasteiger partial charge in [-0.1, -0.05) is 52.6 Å². The summed E-state index contributed by atoms with van der Waals surface area (Å²) in [6.07, 6.45) is 5.83. The van der Waals surface area contributed by atoms with Crippen molar-refractivity contribution >= 4 is 33.5 Å². The Morgan fingerprint density at radius 3 is 2.34 bits per heavy atom. The van der Waals surface area contributed by atoms with E-state index < -0.39 is 10.8 Å². The number of oxazole rings is 1. The zero-order valence-corrected chi connectivity index (χ0v) is 20.3. The van der Waals surface area contributed by atoms with E-state index >= 15 is 0 Å². The average Bonchev–Trinajstić information content (AvgIpc) is 3.08. The number of rotatable bonds is 3. The zero-order valence-electron chi connectivity index (χ0n) is 18.7. The molecule has 4 rings (SSSR count). The summed E-state index contributed by atoms with van der Waals surface area (Å²) in [5.41, 5.74) is 1.12. The molecule has 0 amide bonds. The summed E-state index contributed by atoms with van der Waals surface area (Å²) in [6, 6.07) is 4.41. The highest BCUT2D eigenvalue weighted by molar-refractivity contribution is 7.86. The molecule has 0 N–H and O–H groups in total. The van der Waals surface area contributed by atoms with Crippen LogP contribution in [0.1, 0.15) is 79.5 Å². The number of fused-ring (bicyclic) bond motifs is 1. The fourth-order valence-corrected chi connectivity index (χ4v) is 5.95. The Hall–Kier alpha value is -0.910. The minimum atomic E-state index is -1.24. The quantitative estimate of drug-likeness (QED) is 0.562. The second-order valence-electron chi connectivity index (χ2n) is 9.33. The Kier molecular flexibility index (Phi) is 6.82. The van der Waals surface area contributed by atoms with Crippen molar-refractivity contribution in [3.8, 4) is 0 Å². The molecule has 0 radical (unpaired) electrons. The van der Waals surface area contributed by atoms with Crippen molar-refractivity contribution < 1.29 is 8.63 Å². The predicted molar refractivity (Wildman–Crippen MR) is 122 cm³/mol. The molecule has 29 heavy (non-hydrogen) atoms. The van der Waals surface area contributed by atoms with Crippen LogP contribution < -0.4 is 0 Å². The van der Waals surface area contributed by atoms with Gasteiger partial charge in [0.25, 0.3) is 0 Å². The lowest BCUT2D eigenvalue weighted by Crippen LogP contribution is -2.50. The molecule has 2 aromatic rings. The Morgan fingerprint density at radius 1 is 1.21 bits per heavy atom. The first-order valence-corrected chi connectivity index (χ1v) is 12.5. The normalized spacial score (nSPS) is 21.3. The molecule has 0 bridgehead atoms. The van der Waals surface area contributed by atoms with Crippen LogP contribution in [0.2, 0.25) is 5.02 Å². The van der Waals surface area contributed by atoms with Crippen LogP contribution in [0.4, 0.5) is 0 Å². The maximum Gasteiger partial charge on any atom is 0.200 e. The van der Waals surface area contributed by atoms with Crippen LogP contribution in [0.5, 0.6) is 0 Å². The van der Waals surface area contributed by atoms with Crippen molar-refractivity contribution in [3.63, 3.8) is 0 Å². The van der Waals surface area contributed by atoms with Gasteiger partial charge in [-0.25, -0.2) is 4.98 Å². The average molecular weight is 439 g/mol. The van der Waals surface area contributed by atoms with Gasteiger partial charge in [-0.3, -0.25) is 4.21 Å². The molecule has 2 heterocycles. The van der Waals surface area contributed by atoms with Crippen molar-refractivity contribution in [1.29, 1.82) is 0 Å². The largest absolute Gasteiger partial charge is 0.439 e. The van der Waals surface area contributed by atoms with Crippen molar-refractivity contribution in [1.82, 2.24) is 9.88 Å². The summed E-state index contributed by atoms with van der Waals surface area (Å²) in [5.74, 6) is 0.656. The van der Waals surface area contributed by atoms with Gasteiger partial charge >= 0.3 is 0 Å². The van der Waals surface area contributed by atoms with Gasteiger partial charge in [0.1, 0.15) is 10.4 Å². The van der Waals surface area contributed by atoms with E-state index in [1.165, 1.54) is 19.3 Å². The molecule has 1 aliphatic heterocycles. The second-order valence-corrected chi connectivity index (χ2v) is 11.7. The van der Waals surface area contributed by atoms with E-state index in [1.807, 2.05) is 19.9 Å². The topological polar surface area (TPSA) is 46.3 Å². The van der Waals surface area contributed by atoms with Crippen LogP contribution in [0.15, 0.2) is 21.4 Å². The molecule has 0 spiro atoms. The fraction of sp³-hybridized carbons (Fsp3) is 0.696. The van der Waals surface area contributed by atoms with Gasteiger partial charge in [0.15, 0.2) is 5.58 Å². The summed E-state index contributed by atoms with van der Waals surface area (Å²) in [6.45, 7) is 14.4. The van der Waals surface area contributed by atoms with E-state index in [0.29, 0.717) is 21.4 Å². The second kappa shape index (κ2) is 8.68. The number of benzene rings is 1.